The van der Waals surface area contributed by atoms with Gasteiger partial charge < -0.3 is 10.0 Å². The number of fused-ring (bicyclic) bond motifs is 1. The van der Waals surface area contributed by atoms with Gasteiger partial charge in [-0.05, 0) is 11.6 Å². The summed E-state index contributed by atoms with van der Waals surface area (Å²) in [7, 11) is 0. The van der Waals surface area contributed by atoms with Crippen molar-refractivity contribution in [3.8, 4) is 0 Å². The Hall–Kier alpha value is -2.76. The minimum Gasteiger partial charge on any atom is -0.481 e. The summed E-state index contributed by atoms with van der Waals surface area (Å²) in [4.78, 5) is 32.8. The molecule has 106 valence electrons. The average Bonchev–Trinajstić information content (AvgIpc) is 2.86. The highest BCUT2D eigenvalue weighted by Gasteiger charge is 2.33. The first-order chi connectivity index (χ1) is 10.2. The van der Waals surface area contributed by atoms with Gasteiger partial charge in [-0.25, -0.2) is 9.97 Å². The number of benzene rings is 1. The molecule has 0 radical (unpaired) electrons. The van der Waals surface area contributed by atoms with Crippen molar-refractivity contribution in [2.75, 3.05) is 11.4 Å². The lowest BCUT2D eigenvalue weighted by atomic mass is 9.98. The van der Waals surface area contributed by atoms with Crippen molar-refractivity contribution in [1.29, 1.82) is 0 Å². The van der Waals surface area contributed by atoms with E-state index in [1.165, 1.54) is 18.7 Å². The van der Waals surface area contributed by atoms with Gasteiger partial charge in [0.15, 0.2) is 0 Å². The molecule has 1 amide bonds. The van der Waals surface area contributed by atoms with Crippen LogP contribution in [0.5, 0.6) is 0 Å². The molecule has 0 bridgehead atoms. The van der Waals surface area contributed by atoms with Crippen LogP contribution in [0, 0.1) is 0 Å². The summed E-state index contributed by atoms with van der Waals surface area (Å²) < 4.78 is 0. The summed E-state index contributed by atoms with van der Waals surface area (Å²) in [5, 5.41) is 9.02. The molecule has 6 nitrogen and oxygen atoms in total. The van der Waals surface area contributed by atoms with Gasteiger partial charge in [0, 0.05) is 30.5 Å². The number of anilines is 1. The standard InChI is InChI=1S/C15H13N3O3/c19-14(20)5-10-8-18(13-4-2-1-3-12(10)13)15(21)11-6-16-9-17-7-11/h1-4,6-7,9-10H,5,8H2,(H,19,20). The zero-order chi connectivity index (χ0) is 14.8. The number of aromatic nitrogens is 2. The maximum Gasteiger partial charge on any atom is 0.304 e. The SMILES string of the molecule is O=C(O)CC1CN(C(=O)c2cncnc2)c2ccccc21. The lowest BCUT2D eigenvalue weighted by Gasteiger charge is -2.17. The fourth-order valence-electron chi connectivity index (χ4n) is 2.64. The van der Waals surface area contributed by atoms with Crippen molar-refractivity contribution in [3.05, 3.63) is 54.1 Å². The van der Waals surface area contributed by atoms with Crippen molar-refractivity contribution in [3.63, 3.8) is 0 Å². The molecule has 6 heteroatoms. The van der Waals surface area contributed by atoms with E-state index >= 15 is 0 Å². The molecule has 0 saturated carbocycles. The van der Waals surface area contributed by atoms with Crippen LogP contribution in [-0.4, -0.2) is 33.5 Å². The number of nitrogens with zero attached hydrogens (tertiary/aromatic N) is 3. The third-order valence-electron chi connectivity index (χ3n) is 3.54. The molecule has 0 fully saturated rings. The van der Waals surface area contributed by atoms with Gasteiger partial charge in [0.2, 0.25) is 0 Å². The topological polar surface area (TPSA) is 83.4 Å². The number of para-hydroxylation sites is 1. The Morgan fingerprint density at radius 1 is 1.24 bits per heavy atom. The van der Waals surface area contributed by atoms with Crippen LogP contribution in [-0.2, 0) is 4.79 Å². The van der Waals surface area contributed by atoms with Gasteiger partial charge in [-0.3, -0.25) is 9.59 Å². The lowest BCUT2D eigenvalue weighted by Crippen LogP contribution is -2.30. The first-order valence-corrected chi connectivity index (χ1v) is 6.54. The molecule has 2 heterocycles. The number of carboxylic acids is 1. The van der Waals surface area contributed by atoms with Crippen LogP contribution in [0.25, 0.3) is 0 Å². The first kappa shape index (κ1) is 13.2. The van der Waals surface area contributed by atoms with E-state index in [0.29, 0.717) is 12.1 Å². The van der Waals surface area contributed by atoms with E-state index in [2.05, 4.69) is 9.97 Å². The van der Waals surface area contributed by atoms with Crippen LogP contribution < -0.4 is 4.90 Å². The molecule has 1 aliphatic rings. The summed E-state index contributed by atoms with van der Waals surface area (Å²) in [6.07, 6.45) is 4.29. The van der Waals surface area contributed by atoms with Gasteiger partial charge in [0.25, 0.3) is 5.91 Å². The molecule has 1 atom stereocenters. The second kappa shape index (κ2) is 5.32. The number of rotatable bonds is 3. The lowest BCUT2D eigenvalue weighted by molar-refractivity contribution is -0.137. The van der Waals surface area contributed by atoms with E-state index in [1.54, 1.807) is 4.90 Å². The maximum atomic E-state index is 12.5. The summed E-state index contributed by atoms with van der Waals surface area (Å²) in [5.74, 6) is -1.27. The van der Waals surface area contributed by atoms with Crippen LogP contribution in [0.3, 0.4) is 0 Å². The summed E-state index contributed by atoms with van der Waals surface area (Å²) in [6.45, 7) is 0.360. The van der Waals surface area contributed by atoms with E-state index < -0.39 is 5.97 Å². The molecular formula is C15H13N3O3. The van der Waals surface area contributed by atoms with Crippen LogP contribution in [0.4, 0.5) is 5.69 Å². The summed E-state index contributed by atoms with van der Waals surface area (Å²) in [6, 6.07) is 7.40. The highest BCUT2D eigenvalue weighted by molar-refractivity contribution is 6.07. The van der Waals surface area contributed by atoms with Gasteiger partial charge in [-0.15, -0.1) is 0 Å². The van der Waals surface area contributed by atoms with Gasteiger partial charge >= 0.3 is 5.97 Å². The van der Waals surface area contributed by atoms with Crippen LogP contribution in [0.15, 0.2) is 43.0 Å². The normalized spacial score (nSPS) is 16.6. The molecule has 1 unspecified atom stereocenters. The second-order valence-electron chi connectivity index (χ2n) is 4.90. The fourth-order valence-corrected chi connectivity index (χ4v) is 2.64. The number of aliphatic carboxylic acids is 1. The van der Waals surface area contributed by atoms with Crippen LogP contribution >= 0.6 is 0 Å². The van der Waals surface area contributed by atoms with E-state index in [9.17, 15) is 9.59 Å². The van der Waals surface area contributed by atoms with Gasteiger partial charge in [-0.1, -0.05) is 18.2 Å². The molecule has 2 aromatic rings. The van der Waals surface area contributed by atoms with E-state index in [4.69, 9.17) is 5.11 Å². The zero-order valence-corrected chi connectivity index (χ0v) is 11.1. The number of amides is 1. The van der Waals surface area contributed by atoms with Crippen molar-refractivity contribution in [2.24, 2.45) is 0 Å². The van der Waals surface area contributed by atoms with Crippen molar-refractivity contribution < 1.29 is 14.7 Å². The molecule has 0 aliphatic carbocycles. The predicted molar refractivity (Wildman–Crippen MR) is 75.1 cm³/mol. The highest BCUT2D eigenvalue weighted by atomic mass is 16.4. The molecular weight excluding hydrogens is 270 g/mol. The van der Waals surface area contributed by atoms with E-state index in [0.717, 1.165) is 11.3 Å². The maximum absolute atomic E-state index is 12.5. The molecule has 1 aromatic heterocycles. The number of carbonyl (C=O) groups is 2. The Morgan fingerprint density at radius 3 is 2.67 bits per heavy atom. The van der Waals surface area contributed by atoms with E-state index in [1.807, 2.05) is 24.3 Å². The molecule has 1 N–H and O–H groups in total. The molecule has 3 rings (SSSR count). The number of carbonyl (C=O) groups excluding carboxylic acids is 1. The van der Waals surface area contributed by atoms with Crippen LogP contribution in [0.1, 0.15) is 28.3 Å². The van der Waals surface area contributed by atoms with E-state index in [-0.39, 0.29) is 18.2 Å². The van der Waals surface area contributed by atoms with Crippen molar-refractivity contribution in [1.82, 2.24) is 9.97 Å². The minimum atomic E-state index is -0.868. The second-order valence-corrected chi connectivity index (χ2v) is 4.90. The third kappa shape index (κ3) is 2.47. The molecule has 1 aromatic carbocycles. The number of hydrogen-bond donors (Lipinski definition) is 1. The molecule has 0 saturated heterocycles. The fraction of sp³-hybridized carbons (Fsp3) is 0.200. The monoisotopic (exact) mass is 283 g/mol. The highest BCUT2D eigenvalue weighted by Crippen LogP contribution is 2.38. The Bertz CT molecular complexity index is 688. The number of carboxylic acid groups (broad SMARTS) is 1. The Morgan fingerprint density at radius 2 is 1.95 bits per heavy atom. The quantitative estimate of drug-likeness (QED) is 0.926. The largest absolute Gasteiger partial charge is 0.481 e. The Balaban J connectivity index is 1.94. The van der Waals surface area contributed by atoms with Gasteiger partial charge in [-0.2, -0.15) is 0 Å². The van der Waals surface area contributed by atoms with Crippen LogP contribution in [0.2, 0.25) is 0 Å². The number of hydrogen-bond acceptors (Lipinski definition) is 4. The molecule has 1 aliphatic heterocycles. The van der Waals surface area contributed by atoms with Crippen molar-refractivity contribution in [2.45, 2.75) is 12.3 Å². The summed E-state index contributed by atoms with van der Waals surface area (Å²) >= 11 is 0. The summed E-state index contributed by atoms with van der Waals surface area (Å²) in [5.41, 5.74) is 2.05. The molecule has 21 heavy (non-hydrogen) atoms. The minimum absolute atomic E-state index is 0.00603. The molecule has 0 spiro atoms. The average molecular weight is 283 g/mol. The Labute approximate surface area is 121 Å². The van der Waals surface area contributed by atoms with Crippen molar-refractivity contribution >= 4 is 17.6 Å². The smallest absolute Gasteiger partial charge is 0.304 e. The third-order valence-corrected chi connectivity index (χ3v) is 3.54. The predicted octanol–water partition coefficient (Wildman–Crippen LogP) is 1.70. The van der Waals surface area contributed by atoms with Gasteiger partial charge in [0.05, 0.1) is 12.0 Å². The Kier molecular flexibility index (Phi) is 3.35. The first-order valence-electron chi connectivity index (χ1n) is 6.54. The van der Waals surface area contributed by atoms with Gasteiger partial charge in [0.1, 0.15) is 6.33 Å². The zero-order valence-electron chi connectivity index (χ0n) is 11.1.